The molecule has 1 amide bonds. The first-order chi connectivity index (χ1) is 13.5. The number of hydrogen-bond donors (Lipinski definition) is 0. The first-order valence-corrected chi connectivity index (χ1v) is 10.5. The second-order valence-electron chi connectivity index (χ2n) is 7.07. The fourth-order valence-electron chi connectivity index (χ4n) is 3.30. The highest BCUT2D eigenvalue weighted by atomic mass is 35.5. The molecule has 6 heteroatoms. The van der Waals surface area contributed by atoms with Crippen molar-refractivity contribution in [2.24, 2.45) is 0 Å². The molecule has 144 valence electrons. The van der Waals surface area contributed by atoms with E-state index in [1.54, 1.807) is 23.5 Å². The lowest BCUT2D eigenvalue weighted by Crippen LogP contribution is -2.48. The number of aromatic nitrogens is 1. The largest absolute Gasteiger partial charge is 0.345 e. The number of carbonyl (C=O) groups is 1. The van der Waals surface area contributed by atoms with Gasteiger partial charge in [0.15, 0.2) is 5.13 Å². The molecular weight excluding hydrogens is 390 g/mol. The number of carbonyl (C=O) groups excluding carboxylic acids is 1. The van der Waals surface area contributed by atoms with Gasteiger partial charge in [0, 0.05) is 37.3 Å². The molecule has 0 N–H and O–H groups in total. The molecule has 4 nitrogen and oxygen atoms in total. The van der Waals surface area contributed by atoms with E-state index >= 15 is 0 Å². The van der Waals surface area contributed by atoms with Crippen molar-refractivity contribution in [2.75, 3.05) is 31.1 Å². The van der Waals surface area contributed by atoms with Gasteiger partial charge in [-0.3, -0.25) is 4.79 Å². The van der Waals surface area contributed by atoms with Crippen LogP contribution >= 0.6 is 22.9 Å². The van der Waals surface area contributed by atoms with Crippen molar-refractivity contribution in [2.45, 2.75) is 13.8 Å². The van der Waals surface area contributed by atoms with Gasteiger partial charge >= 0.3 is 0 Å². The zero-order valence-electron chi connectivity index (χ0n) is 16.0. The van der Waals surface area contributed by atoms with Crippen molar-refractivity contribution in [1.29, 1.82) is 0 Å². The highest BCUT2D eigenvalue weighted by Crippen LogP contribution is 2.31. The summed E-state index contributed by atoms with van der Waals surface area (Å²) in [5, 5.41) is 1.69. The first kappa shape index (κ1) is 19.0. The van der Waals surface area contributed by atoms with Crippen LogP contribution in [0.2, 0.25) is 5.02 Å². The molecule has 1 fully saturated rings. The summed E-state index contributed by atoms with van der Waals surface area (Å²) < 4.78 is 1.22. The van der Waals surface area contributed by atoms with Gasteiger partial charge in [0.1, 0.15) is 0 Å². The number of aryl methyl sites for hydroxylation is 2. The maximum absolute atomic E-state index is 12.5. The van der Waals surface area contributed by atoms with Crippen LogP contribution in [0.4, 0.5) is 5.13 Å². The molecule has 1 aromatic heterocycles. The van der Waals surface area contributed by atoms with Crippen molar-refractivity contribution in [3.8, 4) is 0 Å². The summed E-state index contributed by atoms with van der Waals surface area (Å²) in [4.78, 5) is 21.5. The summed E-state index contributed by atoms with van der Waals surface area (Å²) in [5.41, 5.74) is 4.48. The lowest BCUT2D eigenvalue weighted by molar-refractivity contribution is -0.126. The van der Waals surface area contributed by atoms with Crippen LogP contribution in [0.5, 0.6) is 0 Å². The summed E-state index contributed by atoms with van der Waals surface area (Å²) in [6.07, 6.45) is 3.40. The minimum atomic E-state index is 0.0233. The maximum atomic E-state index is 12.5. The van der Waals surface area contributed by atoms with Gasteiger partial charge in [-0.2, -0.15) is 0 Å². The Balaban J connectivity index is 1.40. The Bertz CT molecular complexity index is 1010. The van der Waals surface area contributed by atoms with Crippen LogP contribution in [-0.4, -0.2) is 42.0 Å². The number of anilines is 1. The van der Waals surface area contributed by atoms with Crippen LogP contribution in [0, 0.1) is 13.8 Å². The smallest absolute Gasteiger partial charge is 0.246 e. The second-order valence-corrected chi connectivity index (χ2v) is 8.48. The maximum Gasteiger partial charge on any atom is 0.246 e. The summed E-state index contributed by atoms with van der Waals surface area (Å²) in [6, 6.07) is 11.9. The Labute approximate surface area is 174 Å². The Kier molecular flexibility index (Phi) is 5.38. The molecule has 4 rings (SSSR count). The molecule has 3 aromatic rings. The average molecular weight is 412 g/mol. The highest BCUT2D eigenvalue weighted by Gasteiger charge is 2.22. The predicted molar refractivity (Wildman–Crippen MR) is 118 cm³/mol. The molecule has 1 aliphatic heterocycles. The lowest BCUT2D eigenvalue weighted by atomic mass is 10.1. The average Bonchev–Trinajstić information content (AvgIpc) is 3.10. The molecular formula is C22H22ClN3OS. The summed E-state index contributed by atoms with van der Waals surface area (Å²) in [7, 11) is 0. The van der Waals surface area contributed by atoms with Gasteiger partial charge in [0.2, 0.25) is 5.91 Å². The van der Waals surface area contributed by atoms with Gasteiger partial charge in [0.25, 0.3) is 0 Å². The van der Waals surface area contributed by atoms with Gasteiger partial charge in [-0.15, -0.1) is 0 Å². The predicted octanol–water partition coefficient (Wildman–Crippen LogP) is 4.93. The van der Waals surface area contributed by atoms with Crippen molar-refractivity contribution >= 4 is 50.3 Å². The number of benzene rings is 2. The van der Waals surface area contributed by atoms with Crippen molar-refractivity contribution < 1.29 is 4.79 Å². The van der Waals surface area contributed by atoms with E-state index in [0.29, 0.717) is 18.1 Å². The number of thiazole rings is 1. The minimum Gasteiger partial charge on any atom is -0.345 e. The number of piperazine rings is 1. The van der Waals surface area contributed by atoms with E-state index in [-0.39, 0.29) is 5.91 Å². The van der Waals surface area contributed by atoms with Gasteiger partial charge in [0.05, 0.1) is 10.2 Å². The quantitative estimate of drug-likeness (QED) is 0.573. The Morgan fingerprint density at radius 1 is 1.11 bits per heavy atom. The monoisotopic (exact) mass is 411 g/mol. The molecule has 0 atom stereocenters. The normalized spacial score (nSPS) is 15.0. The van der Waals surface area contributed by atoms with Gasteiger partial charge in [-0.25, -0.2) is 4.98 Å². The fraction of sp³-hybridized carbons (Fsp3) is 0.273. The highest BCUT2D eigenvalue weighted by molar-refractivity contribution is 7.22. The molecule has 0 spiro atoms. The SMILES string of the molecule is Cc1cc2nc(N3CCN(C(=O)/C=C/c4ccccc4Cl)CC3)sc2cc1C. The number of nitrogens with zero attached hydrogens (tertiary/aromatic N) is 3. The summed E-state index contributed by atoms with van der Waals surface area (Å²) in [5.74, 6) is 0.0233. The molecule has 2 aromatic carbocycles. The Hall–Kier alpha value is -2.37. The van der Waals surface area contributed by atoms with Crippen molar-refractivity contribution in [1.82, 2.24) is 9.88 Å². The molecule has 2 heterocycles. The molecule has 0 saturated carbocycles. The molecule has 0 bridgehead atoms. The topological polar surface area (TPSA) is 36.4 Å². The number of halogens is 1. The Morgan fingerprint density at radius 2 is 1.82 bits per heavy atom. The third-order valence-corrected chi connectivity index (χ3v) is 6.59. The lowest BCUT2D eigenvalue weighted by Gasteiger charge is -2.34. The molecule has 1 saturated heterocycles. The van der Waals surface area contributed by atoms with E-state index in [9.17, 15) is 4.79 Å². The number of fused-ring (bicyclic) bond motifs is 1. The van der Waals surface area contributed by atoms with E-state index < -0.39 is 0 Å². The van der Waals surface area contributed by atoms with Crippen LogP contribution in [0.15, 0.2) is 42.5 Å². The van der Waals surface area contributed by atoms with Gasteiger partial charge < -0.3 is 9.80 Å². The van der Waals surface area contributed by atoms with Gasteiger partial charge in [-0.05, 0) is 54.8 Å². The minimum absolute atomic E-state index is 0.0233. The van der Waals surface area contributed by atoms with Crippen molar-refractivity contribution in [3.05, 3.63) is 64.2 Å². The number of amides is 1. The summed E-state index contributed by atoms with van der Waals surface area (Å²) in [6.45, 7) is 7.23. The fourth-order valence-corrected chi connectivity index (χ4v) is 4.59. The number of rotatable bonds is 3. The molecule has 0 unspecified atom stereocenters. The van der Waals surface area contributed by atoms with Crippen LogP contribution < -0.4 is 4.90 Å². The molecule has 0 radical (unpaired) electrons. The first-order valence-electron chi connectivity index (χ1n) is 9.35. The molecule has 0 aliphatic carbocycles. The third kappa shape index (κ3) is 3.91. The van der Waals surface area contributed by atoms with Crippen LogP contribution in [0.3, 0.4) is 0 Å². The van der Waals surface area contributed by atoms with E-state index in [4.69, 9.17) is 16.6 Å². The van der Waals surface area contributed by atoms with Crippen LogP contribution in [0.1, 0.15) is 16.7 Å². The number of hydrogen-bond acceptors (Lipinski definition) is 4. The van der Waals surface area contributed by atoms with Crippen molar-refractivity contribution in [3.63, 3.8) is 0 Å². The van der Waals surface area contributed by atoms with E-state index in [2.05, 4.69) is 30.9 Å². The van der Waals surface area contributed by atoms with E-state index in [0.717, 1.165) is 29.3 Å². The second kappa shape index (κ2) is 7.94. The van der Waals surface area contributed by atoms with Gasteiger partial charge in [-0.1, -0.05) is 41.1 Å². The zero-order valence-corrected chi connectivity index (χ0v) is 17.6. The summed E-state index contributed by atoms with van der Waals surface area (Å²) >= 11 is 7.87. The Morgan fingerprint density at radius 3 is 2.57 bits per heavy atom. The molecule has 28 heavy (non-hydrogen) atoms. The van der Waals surface area contributed by atoms with Crippen LogP contribution in [0.25, 0.3) is 16.3 Å². The third-order valence-electron chi connectivity index (χ3n) is 5.17. The zero-order chi connectivity index (χ0) is 19.7. The van der Waals surface area contributed by atoms with Crippen LogP contribution in [-0.2, 0) is 4.79 Å². The van der Waals surface area contributed by atoms with E-state index in [1.165, 1.54) is 15.8 Å². The standard InChI is InChI=1S/C22H22ClN3OS/c1-15-13-19-20(14-16(15)2)28-22(24-19)26-11-9-25(10-12-26)21(27)8-7-17-5-3-4-6-18(17)23/h3-8,13-14H,9-12H2,1-2H3/b8-7+. The molecule has 1 aliphatic rings. The van der Waals surface area contributed by atoms with E-state index in [1.807, 2.05) is 29.2 Å².